The Morgan fingerprint density at radius 2 is 2.19 bits per heavy atom. The van der Waals surface area contributed by atoms with E-state index in [9.17, 15) is 4.79 Å². The monoisotopic (exact) mass is 216 g/mol. The Bertz CT molecular complexity index is 490. The first kappa shape index (κ1) is 10.5. The number of carbonyl (C=O) groups is 1. The van der Waals surface area contributed by atoms with E-state index < -0.39 is 0 Å². The van der Waals surface area contributed by atoms with Gasteiger partial charge in [0.1, 0.15) is 11.4 Å². The van der Waals surface area contributed by atoms with E-state index >= 15 is 0 Å². The summed E-state index contributed by atoms with van der Waals surface area (Å²) in [5.41, 5.74) is 2.29. The van der Waals surface area contributed by atoms with Crippen LogP contribution in [0.15, 0.2) is 22.1 Å². The first-order valence-corrected chi connectivity index (χ1v) is 4.96. The zero-order valence-electron chi connectivity index (χ0n) is 9.23. The van der Waals surface area contributed by atoms with E-state index in [4.69, 9.17) is 4.74 Å². The van der Waals surface area contributed by atoms with Crippen molar-refractivity contribution in [1.29, 1.82) is 0 Å². The maximum atomic E-state index is 11.4. The van der Waals surface area contributed by atoms with Gasteiger partial charge in [0.25, 0.3) is 0 Å². The number of ketones is 1. The molecule has 16 heavy (non-hydrogen) atoms. The van der Waals surface area contributed by atoms with E-state index in [0.717, 1.165) is 11.3 Å². The lowest BCUT2D eigenvalue weighted by molar-refractivity contribution is 0.101. The molecule has 0 bridgehead atoms. The van der Waals surface area contributed by atoms with Gasteiger partial charge in [-0.25, -0.2) is 0 Å². The predicted octanol–water partition coefficient (Wildman–Crippen LogP) is 2.18. The molecule has 0 saturated carbocycles. The second-order valence-electron chi connectivity index (χ2n) is 3.51. The molecule has 0 spiro atoms. The zero-order valence-corrected chi connectivity index (χ0v) is 9.23. The molecule has 0 aliphatic carbocycles. The molecule has 0 radical (unpaired) electrons. The third kappa shape index (κ3) is 1.86. The van der Waals surface area contributed by atoms with Crippen molar-refractivity contribution in [3.05, 3.63) is 23.3 Å². The van der Waals surface area contributed by atoms with Crippen LogP contribution in [0.5, 0.6) is 5.75 Å². The number of benzene rings is 1. The zero-order chi connectivity index (χ0) is 11.5. The minimum absolute atomic E-state index is 0.0123. The van der Waals surface area contributed by atoms with Gasteiger partial charge in [-0.15, -0.1) is 0 Å². The number of aliphatic imine (C=N–C) groups is 2. The van der Waals surface area contributed by atoms with Crippen molar-refractivity contribution >= 4 is 23.9 Å². The molecule has 1 aliphatic rings. The second-order valence-corrected chi connectivity index (χ2v) is 3.51. The summed E-state index contributed by atoms with van der Waals surface area (Å²) in [6.07, 6.45) is 3.27. The molecule has 1 heterocycles. The minimum Gasteiger partial charge on any atom is -0.494 e. The average Bonchev–Trinajstić information content (AvgIpc) is 2.52. The van der Waals surface area contributed by atoms with Gasteiger partial charge in [0.05, 0.1) is 13.7 Å². The van der Waals surface area contributed by atoms with Gasteiger partial charge in [0.15, 0.2) is 5.78 Å². The highest BCUT2D eigenvalue weighted by atomic mass is 16.5. The van der Waals surface area contributed by atoms with Gasteiger partial charge >= 0.3 is 0 Å². The molecule has 0 atom stereocenters. The van der Waals surface area contributed by atoms with E-state index in [1.165, 1.54) is 6.92 Å². The molecule has 82 valence electrons. The van der Waals surface area contributed by atoms with E-state index in [0.29, 0.717) is 17.9 Å². The number of nitrogens with zero attached hydrogens (tertiary/aromatic N) is 2. The molecular weight excluding hydrogens is 204 g/mol. The van der Waals surface area contributed by atoms with Gasteiger partial charge in [-0.2, -0.15) is 0 Å². The average molecular weight is 216 g/mol. The van der Waals surface area contributed by atoms with Crippen LogP contribution >= 0.6 is 0 Å². The normalized spacial score (nSPS) is 13.1. The van der Waals surface area contributed by atoms with Gasteiger partial charge < -0.3 is 4.74 Å². The van der Waals surface area contributed by atoms with Crippen molar-refractivity contribution in [3.63, 3.8) is 0 Å². The van der Waals surface area contributed by atoms with Crippen LogP contribution in [0, 0.1) is 0 Å². The molecule has 4 nitrogen and oxygen atoms in total. The summed E-state index contributed by atoms with van der Waals surface area (Å²) in [7, 11) is 1.57. The molecule has 1 aromatic carbocycles. The Labute approximate surface area is 93.7 Å². The van der Waals surface area contributed by atoms with Gasteiger partial charge in [0, 0.05) is 23.6 Å². The van der Waals surface area contributed by atoms with Crippen LogP contribution in [0.1, 0.15) is 22.8 Å². The lowest BCUT2D eigenvalue weighted by Gasteiger charge is -2.09. The number of carbonyl (C=O) groups excluding carboxylic acids is 1. The lowest BCUT2D eigenvalue weighted by Crippen LogP contribution is -1.97. The molecule has 1 aliphatic heterocycles. The highest BCUT2D eigenvalue weighted by molar-refractivity contribution is 6.17. The number of hydrogen-bond acceptors (Lipinski definition) is 4. The van der Waals surface area contributed by atoms with Crippen LogP contribution in [0.3, 0.4) is 0 Å². The summed E-state index contributed by atoms with van der Waals surface area (Å²) in [5.74, 6) is 0.628. The number of ether oxygens (including phenoxy) is 1. The van der Waals surface area contributed by atoms with Crippen molar-refractivity contribution < 1.29 is 9.53 Å². The van der Waals surface area contributed by atoms with Crippen LogP contribution in [0.2, 0.25) is 0 Å². The molecule has 0 saturated heterocycles. The maximum Gasteiger partial charge on any atom is 0.159 e. The third-order valence-electron chi connectivity index (χ3n) is 2.42. The molecular formula is C12H12N2O2. The largest absolute Gasteiger partial charge is 0.494 e. The van der Waals surface area contributed by atoms with E-state index in [-0.39, 0.29) is 5.78 Å². The standard InChI is InChI=1S/C12H12N2O2/c1-8(15)9-5-10-7-13-3-4-14-12(10)11(6-9)16-2/h3-6H,7H2,1-2H3. The fraction of sp³-hybridized carbons (Fsp3) is 0.250. The predicted molar refractivity (Wildman–Crippen MR) is 63.3 cm³/mol. The van der Waals surface area contributed by atoms with Crippen LogP contribution < -0.4 is 4.74 Å². The molecule has 0 aromatic heterocycles. The number of methoxy groups -OCH3 is 1. The van der Waals surface area contributed by atoms with E-state index in [1.807, 2.05) is 6.07 Å². The van der Waals surface area contributed by atoms with Crippen molar-refractivity contribution in [2.75, 3.05) is 7.11 Å². The third-order valence-corrected chi connectivity index (χ3v) is 2.42. The van der Waals surface area contributed by atoms with Crippen LogP contribution in [0.25, 0.3) is 0 Å². The summed E-state index contributed by atoms with van der Waals surface area (Å²) in [5, 5.41) is 0. The topological polar surface area (TPSA) is 51.0 Å². The van der Waals surface area contributed by atoms with Crippen LogP contribution in [0.4, 0.5) is 5.69 Å². The highest BCUT2D eigenvalue weighted by Gasteiger charge is 2.13. The Balaban J connectivity index is 2.61. The summed E-state index contributed by atoms with van der Waals surface area (Å²) in [4.78, 5) is 19.7. The lowest BCUT2D eigenvalue weighted by atomic mass is 10.0. The Kier molecular flexibility index (Phi) is 2.81. The highest BCUT2D eigenvalue weighted by Crippen LogP contribution is 2.34. The first-order valence-electron chi connectivity index (χ1n) is 4.96. The molecule has 1 aromatic rings. The Morgan fingerprint density at radius 3 is 2.88 bits per heavy atom. The first-order chi connectivity index (χ1) is 7.72. The van der Waals surface area contributed by atoms with Crippen molar-refractivity contribution in [2.45, 2.75) is 13.5 Å². The maximum absolute atomic E-state index is 11.4. The Hall–Kier alpha value is -1.97. The summed E-state index contributed by atoms with van der Waals surface area (Å²) < 4.78 is 5.24. The smallest absolute Gasteiger partial charge is 0.159 e. The minimum atomic E-state index is 0.0123. The molecule has 0 fully saturated rings. The second kappa shape index (κ2) is 4.26. The molecule has 4 heteroatoms. The van der Waals surface area contributed by atoms with E-state index in [1.54, 1.807) is 25.6 Å². The fourth-order valence-electron chi connectivity index (χ4n) is 1.60. The number of rotatable bonds is 2. The number of fused-ring (bicyclic) bond motifs is 1. The van der Waals surface area contributed by atoms with Gasteiger partial charge in [-0.05, 0) is 19.1 Å². The SMILES string of the molecule is COc1cc(C(C)=O)cc2c1N=CC=NC2. The van der Waals surface area contributed by atoms with Crippen molar-refractivity contribution in [2.24, 2.45) is 9.98 Å². The van der Waals surface area contributed by atoms with Crippen LogP contribution in [-0.2, 0) is 6.54 Å². The quantitative estimate of drug-likeness (QED) is 0.711. The van der Waals surface area contributed by atoms with Crippen LogP contribution in [-0.4, -0.2) is 25.3 Å². The van der Waals surface area contributed by atoms with Gasteiger partial charge in [-0.1, -0.05) is 0 Å². The molecule has 2 rings (SSSR count). The summed E-state index contributed by atoms with van der Waals surface area (Å²) in [6.45, 7) is 2.05. The van der Waals surface area contributed by atoms with Gasteiger partial charge in [0.2, 0.25) is 0 Å². The van der Waals surface area contributed by atoms with Gasteiger partial charge in [-0.3, -0.25) is 14.8 Å². The molecule has 0 unspecified atom stereocenters. The van der Waals surface area contributed by atoms with Crippen molar-refractivity contribution in [3.8, 4) is 5.75 Å². The molecule has 0 N–H and O–H groups in total. The Morgan fingerprint density at radius 1 is 1.38 bits per heavy atom. The molecule has 0 amide bonds. The number of hydrogen-bond donors (Lipinski definition) is 0. The summed E-state index contributed by atoms with van der Waals surface area (Å²) >= 11 is 0. The van der Waals surface area contributed by atoms with Crippen molar-refractivity contribution in [1.82, 2.24) is 0 Å². The van der Waals surface area contributed by atoms with E-state index in [2.05, 4.69) is 9.98 Å². The summed E-state index contributed by atoms with van der Waals surface area (Å²) in [6, 6.07) is 3.53. The fourth-order valence-corrected chi connectivity index (χ4v) is 1.60. The number of Topliss-reactive ketones (excluding diaryl/α,β-unsaturated/α-hetero) is 1.